The molecule has 0 spiro atoms. The summed E-state index contributed by atoms with van der Waals surface area (Å²) in [4.78, 5) is 22.0. The molecule has 1 amide bonds. The Balaban J connectivity index is 2.26. The maximum Gasteiger partial charge on any atom is 0.433 e. The molecule has 2 aromatic rings. The molecule has 0 saturated carbocycles. The van der Waals surface area contributed by atoms with E-state index in [4.69, 9.17) is 9.68 Å². The highest BCUT2D eigenvalue weighted by atomic mass is 16.4. The van der Waals surface area contributed by atoms with Crippen LogP contribution in [-0.2, 0) is 11.2 Å². The summed E-state index contributed by atoms with van der Waals surface area (Å²) in [5.74, 6) is -0.773. The Morgan fingerprint density at radius 2 is 2.33 bits per heavy atom. The molecule has 0 aliphatic heterocycles. The zero-order valence-electron chi connectivity index (χ0n) is 9.77. The zero-order chi connectivity index (χ0) is 13.1. The first-order valence-electron chi connectivity index (χ1n) is 5.41. The van der Waals surface area contributed by atoms with Crippen molar-refractivity contribution in [1.29, 1.82) is 5.26 Å². The van der Waals surface area contributed by atoms with Gasteiger partial charge in [0.2, 0.25) is 5.91 Å². The lowest BCUT2D eigenvalue weighted by Gasteiger charge is -2.02. The summed E-state index contributed by atoms with van der Waals surface area (Å²) in [6.45, 7) is 1.97. The van der Waals surface area contributed by atoms with Crippen LogP contribution in [0.5, 0.6) is 0 Å². The van der Waals surface area contributed by atoms with Gasteiger partial charge in [-0.15, -0.1) is 0 Å². The van der Waals surface area contributed by atoms with Gasteiger partial charge in [-0.05, 0) is 24.1 Å². The Bertz CT molecular complexity index is 691. The highest BCUT2D eigenvalue weighted by Crippen LogP contribution is 2.14. The van der Waals surface area contributed by atoms with Gasteiger partial charge in [0, 0.05) is 13.5 Å². The second kappa shape index (κ2) is 4.75. The molecule has 0 aliphatic rings. The van der Waals surface area contributed by atoms with Crippen LogP contribution in [0.3, 0.4) is 0 Å². The first kappa shape index (κ1) is 11.9. The first-order chi connectivity index (χ1) is 8.61. The Hall–Kier alpha value is -2.55. The van der Waals surface area contributed by atoms with Crippen LogP contribution in [0.1, 0.15) is 12.5 Å². The molecule has 0 radical (unpaired) electrons. The van der Waals surface area contributed by atoms with Gasteiger partial charge in [-0.25, -0.2) is 4.79 Å². The molecule has 0 atom stereocenters. The molecule has 0 fully saturated rings. The lowest BCUT2D eigenvalue weighted by molar-refractivity contribution is -0.118. The SMILES string of the molecule is CC(=O)NCCc1ccc2c(c1)oc(=O)n2C#N. The van der Waals surface area contributed by atoms with Crippen molar-refractivity contribution >= 4 is 17.0 Å². The summed E-state index contributed by atoms with van der Waals surface area (Å²) in [6, 6.07) is 5.16. The predicted octanol–water partition coefficient (Wildman–Crippen LogP) is 0.602. The number of aromatic nitrogens is 1. The molecule has 2 rings (SSSR count). The second-order valence-electron chi connectivity index (χ2n) is 3.84. The van der Waals surface area contributed by atoms with Crippen LogP contribution in [0, 0.1) is 11.5 Å². The van der Waals surface area contributed by atoms with Gasteiger partial charge < -0.3 is 9.73 Å². The van der Waals surface area contributed by atoms with Crippen molar-refractivity contribution in [2.75, 3.05) is 6.54 Å². The third kappa shape index (κ3) is 2.25. The Labute approximate surface area is 102 Å². The van der Waals surface area contributed by atoms with Crippen LogP contribution in [0.15, 0.2) is 27.4 Å². The zero-order valence-corrected chi connectivity index (χ0v) is 9.77. The van der Waals surface area contributed by atoms with Crippen molar-refractivity contribution in [2.45, 2.75) is 13.3 Å². The van der Waals surface area contributed by atoms with Gasteiger partial charge in [-0.1, -0.05) is 6.07 Å². The molecular formula is C12H11N3O3. The predicted molar refractivity (Wildman–Crippen MR) is 63.9 cm³/mol. The molecule has 1 aromatic carbocycles. The summed E-state index contributed by atoms with van der Waals surface area (Å²) in [7, 11) is 0. The van der Waals surface area contributed by atoms with E-state index in [0.717, 1.165) is 10.1 Å². The van der Waals surface area contributed by atoms with E-state index in [0.29, 0.717) is 24.1 Å². The third-order valence-corrected chi connectivity index (χ3v) is 2.53. The molecule has 6 nitrogen and oxygen atoms in total. The molecule has 6 heteroatoms. The molecule has 18 heavy (non-hydrogen) atoms. The van der Waals surface area contributed by atoms with Crippen LogP contribution in [0.4, 0.5) is 0 Å². The van der Waals surface area contributed by atoms with Crippen LogP contribution >= 0.6 is 0 Å². The number of nitriles is 1. The topological polar surface area (TPSA) is 88.0 Å². The van der Waals surface area contributed by atoms with E-state index in [9.17, 15) is 9.59 Å². The molecule has 1 aromatic heterocycles. The number of nitrogens with zero attached hydrogens (tertiary/aromatic N) is 2. The van der Waals surface area contributed by atoms with Crippen LogP contribution < -0.4 is 11.1 Å². The van der Waals surface area contributed by atoms with Crippen molar-refractivity contribution in [2.24, 2.45) is 0 Å². The van der Waals surface area contributed by atoms with Gasteiger partial charge in [0.05, 0.1) is 0 Å². The standard InChI is InChI=1S/C12H11N3O3/c1-8(16)14-5-4-9-2-3-10-11(6-9)18-12(17)15(10)7-13/h2-3,6H,4-5H2,1H3,(H,14,16). The van der Waals surface area contributed by atoms with Gasteiger partial charge in [-0.2, -0.15) is 9.83 Å². The molecular weight excluding hydrogens is 234 g/mol. The van der Waals surface area contributed by atoms with Gasteiger partial charge in [0.25, 0.3) is 0 Å². The minimum atomic E-state index is -0.688. The van der Waals surface area contributed by atoms with E-state index in [1.165, 1.54) is 6.92 Å². The second-order valence-corrected chi connectivity index (χ2v) is 3.84. The van der Waals surface area contributed by atoms with Crippen molar-refractivity contribution < 1.29 is 9.21 Å². The average molecular weight is 245 g/mol. The largest absolute Gasteiger partial charge is 0.433 e. The van der Waals surface area contributed by atoms with Gasteiger partial charge in [-0.3, -0.25) is 4.79 Å². The van der Waals surface area contributed by atoms with Gasteiger partial charge in [0.1, 0.15) is 5.52 Å². The van der Waals surface area contributed by atoms with E-state index >= 15 is 0 Å². The number of hydrogen-bond acceptors (Lipinski definition) is 4. The van der Waals surface area contributed by atoms with E-state index in [-0.39, 0.29) is 5.91 Å². The van der Waals surface area contributed by atoms with Crippen LogP contribution in [-0.4, -0.2) is 17.0 Å². The maximum absolute atomic E-state index is 11.3. The Morgan fingerprint density at radius 1 is 1.56 bits per heavy atom. The smallest absolute Gasteiger partial charge is 0.407 e. The molecule has 0 bridgehead atoms. The van der Waals surface area contributed by atoms with Crippen molar-refractivity contribution in [3.8, 4) is 6.19 Å². The fourth-order valence-corrected chi connectivity index (χ4v) is 1.70. The maximum atomic E-state index is 11.3. The number of hydrogen-bond donors (Lipinski definition) is 1. The van der Waals surface area contributed by atoms with E-state index < -0.39 is 5.76 Å². The quantitative estimate of drug-likeness (QED) is 0.857. The number of oxazole rings is 1. The molecule has 0 saturated heterocycles. The van der Waals surface area contributed by atoms with E-state index in [1.807, 2.05) is 0 Å². The number of rotatable bonds is 3. The monoisotopic (exact) mass is 245 g/mol. The minimum absolute atomic E-state index is 0.0850. The van der Waals surface area contributed by atoms with Crippen LogP contribution in [0.25, 0.3) is 11.1 Å². The Morgan fingerprint density at radius 3 is 3.00 bits per heavy atom. The lowest BCUT2D eigenvalue weighted by Crippen LogP contribution is -2.22. The number of nitrogens with one attached hydrogen (secondary N) is 1. The molecule has 0 aliphatic carbocycles. The summed E-state index contributed by atoms with van der Waals surface area (Å²) >= 11 is 0. The number of amides is 1. The van der Waals surface area contributed by atoms with E-state index in [1.54, 1.807) is 24.4 Å². The highest BCUT2D eigenvalue weighted by Gasteiger charge is 2.08. The van der Waals surface area contributed by atoms with Crippen molar-refractivity contribution in [3.05, 3.63) is 34.3 Å². The van der Waals surface area contributed by atoms with Gasteiger partial charge >= 0.3 is 5.76 Å². The number of fused-ring (bicyclic) bond motifs is 1. The average Bonchev–Trinajstić information content (AvgIpc) is 2.63. The summed E-state index contributed by atoms with van der Waals surface area (Å²) in [6.07, 6.45) is 2.39. The first-order valence-corrected chi connectivity index (χ1v) is 5.41. The molecule has 92 valence electrons. The number of carbonyl (C=O) groups is 1. The fraction of sp³-hybridized carbons (Fsp3) is 0.250. The van der Waals surface area contributed by atoms with Crippen molar-refractivity contribution in [1.82, 2.24) is 9.88 Å². The summed E-state index contributed by atoms with van der Waals surface area (Å²) < 4.78 is 5.85. The van der Waals surface area contributed by atoms with Gasteiger partial charge in [0.15, 0.2) is 11.8 Å². The minimum Gasteiger partial charge on any atom is -0.407 e. The number of benzene rings is 1. The van der Waals surface area contributed by atoms with E-state index in [2.05, 4.69) is 5.32 Å². The summed E-state index contributed by atoms with van der Waals surface area (Å²) in [5, 5.41) is 11.5. The number of carbonyl (C=O) groups excluding carboxylic acids is 1. The Kier molecular flexibility index (Phi) is 3.15. The fourth-order valence-electron chi connectivity index (χ4n) is 1.70. The van der Waals surface area contributed by atoms with Crippen molar-refractivity contribution in [3.63, 3.8) is 0 Å². The molecule has 0 unspecified atom stereocenters. The third-order valence-electron chi connectivity index (χ3n) is 2.53. The highest BCUT2D eigenvalue weighted by molar-refractivity contribution is 5.75. The molecule has 1 heterocycles. The lowest BCUT2D eigenvalue weighted by atomic mass is 10.1. The summed E-state index contributed by atoms with van der Waals surface area (Å²) in [5.41, 5.74) is 1.75. The normalized spacial score (nSPS) is 10.2. The van der Waals surface area contributed by atoms with Crippen LogP contribution in [0.2, 0.25) is 0 Å². The molecule has 1 N–H and O–H groups in total.